The summed E-state index contributed by atoms with van der Waals surface area (Å²) in [6, 6.07) is 32.7. The van der Waals surface area contributed by atoms with Crippen LogP contribution in [0, 0.1) is 0 Å². The van der Waals surface area contributed by atoms with Crippen LogP contribution in [-0.2, 0) is 0 Å². The van der Waals surface area contributed by atoms with Crippen LogP contribution in [0.1, 0.15) is 0 Å². The fraction of sp³-hybridized carbons (Fsp3) is 0. The molecule has 0 aliphatic rings. The zero-order valence-electron chi connectivity index (χ0n) is 14.4. The van der Waals surface area contributed by atoms with Gasteiger partial charge in [-0.3, -0.25) is 0 Å². The second-order valence-corrected chi connectivity index (χ2v) is 8.08. The Morgan fingerprint density at radius 1 is 0.481 bits per heavy atom. The predicted molar refractivity (Wildman–Crippen MR) is 118 cm³/mol. The second kappa shape index (κ2) is 8.22. The smallest absolute Gasteiger partial charge is 0.0484 e. The van der Waals surface area contributed by atoms with Gasteiger partial charge in [-0.25, -0.2) is 0 Å². The van der Waals surface area contributed by atoms with Crippen molar-refractivity contribution in [2.24, 2.45) is 0 Å². The van der Waals surface area contributed by atoms with Gasteiger partial charge in [0.15, 0.2) is 0 Å². The van der Waals surface area contributed by atoms with Gasteiger partial charge in [0.05, 0.1) is 0 Å². The van der Waals surface area contributed by atoms with Crippen molar-refractivity contribution < 1.29 is 0 Å². The molecule has 27 heavy (non-hydrogen) atoms. The topological polar surface area (TPSA) is 0 Å². The van der Waals surface area contributed by atoms with E-state index in [1.807, 2.05) is 48.5 Å². The minimum Gasteiger partial charge on any atom is -0.0901 e. The lowest BCUT2D eigenvalue weighted by molar-refractivity contribution is 1.40. The zero-order valence-corrected chi connectivity index (χ0v) is 16.7. The molecule has 0 atom stereocenters. The van der Waals surface area contributed by atoms with Gasteiger partial charge in [-0.15, -0.1) is 0 Å². The van der Waals surface area contributed by atoms with Gasteiger partial charge < -0.3 is 0 Å². The molecule has 0 saturated carbocycles. The van der Waals surface area contributed by atoms with Gasteiger partial charge in [0.2, 0.25) is 0 Å². The molecule has 4 aromatic carbocycles. The van der Waals surface area contributed by atoms with Crippen molar-refractivity contribution in [2.45, 2.75) is 9.79 Å². The van der Waals surface area contributed by atoms with E-state index in [9.17, 15) is 0 Å². The Labute approximate surface area is 173 Å². The molecular weight excluding hydrogens is 391 g/mol. The van der Waals surface area contributed by atoms with Crippen molar-refractivity contribution in [1.82, 2.24) is 0 Å². The van der Waals surface area contributed by atoms with Crippen LogP contribution in [-0.4, -0.2) is 0 Å². The molecule has 0 saturated heterocycles. The van der Waals surface area contributed by atoms with Crippen LogP contribution in [0.4, 0.5) is 0 Å². The highest BCUT2D eigenvalue weighted by Gasteiger charge is 2.07. The number of hydrogen-bond donors (Lipinski definition) is 0. The maximum absolute atomic E-state index is 6.36. The first kappa shape index (κ1) is 18.2. The van der Waals surface area contributed by atoms with E-state index in [0.29, 0.717) is 0 Å². The molecule has 4 aromatic rings. The highest BCUT2D eigenvalue weighted by atomic mass is 35.5. The fourth-order valence-corrected chi connectivity index (χ4v) is 4.41. The Morgan fingerprint density at radius 3 is 1.37 bits per heavy atom. The first-order valence-corrected chi connectivity index (χ1v) is 10.2. The predicted octanol–water partition coefficient (Wildman–Crippen LogP) is 8.48. The molecule has 0 radical (unpaired) electrons. The van der Waals surface area contributed by atoms with Crippen molar-refractivity contribution in [1.29, 1.82) is 0 Å². The average Bonchev–Trinajstić information content (AvgIpc) is 2.69. The Morgan fingerprint density at radius 2 is 0.926 bits per heavy atom. The molecule has 0 fully saturated rings. The summed E-state index contributed by atoms with van der Waals surface area (Å²) in [6.45, 7) is 0. The molecule has 0 amide bonds. The van der Waals surface area contributed by atoms with Gasteiger partial charge in [-0.05, 0) is 47.5 Å². The Bertz CT molecular complexity index is 1000. The Kier molecular flexibility index (Phi) is 5.54. The van der Waals surface area contributed by atoms with Gasteiger partial charge in [-0.1, -0.05) is 95.6 Å². The SMILES string of the molecule is Clc1ccccc1-c1cccc(Sc2cccc(-c3ccccc3Cl)c2)c1. The molecule has 132 valence electrons. The monoisotopic (exact) mass is 406 g/mol. The quantitative estimate of drug-likeness (QED) is 0.327. The minimum atomic E-state index is 0.764. The van der Waals surface area contributed by atoms with Crippen molar-refractivity contribution in [3.05, 3.63) is 107 Å². The third-order valence-electron chi connectivity index (χ3n) is 4.27. The Hall–Kier alpha value is -2.19. The van der Waals surface area contributed by atoms with Crippen molar-refractivity contribution in [3.8, 4) is 22.3 Å². The summed E-state index contributed by atoms with van der Waals surface area (Å²) in [4.78, 5) is 2.34. The van der Waals surface area contributed by atoms with Crippen LogP contribution in [0.25, 0.3) is 22.3 Å². The molecule has 0 bridgehead atoms. The first-order valence-electron chi connectivity index (χ1n) is 8.58. The highest BCUT2D eigenvalue weighted by molar-refractivity contribution is 7.99. The number of benzene rings is 4. The summed E-state index contributed by atoms with van der Waals surface area (Å²) in [7, 11) is 0. The van der Waals surface area contributed by atoms with Crippen LogP contribution in [0.2, 0.25) is 10.0 Å². The van der Waals surface area contributed by atoms with Gasteiger partial charge in [0, 0.05) is 31.0 Å². The number of halogens is 2. The maximum atomic E-state index is 6.36. The van der Waals surface area contributed by atoms with Crippen molar-refractivity contribution in [2.75, 3.05) is 0 Å². The average molecular weight is 407 g/mol. The molecule has 0 aliphatic heterocycles. The maximum Gasteiger partial charge on any atom is 0.0484 e. The van der Waals surface area contributed by atoms with Crippen LogP contribution in [0.3, 0.4) is 0 Å². The van der Waals surface area contributed by atoms with E-state index in [1.165, 1.54) is 9.79 Å². The fourth-order valence-electron chi connectivity index (χ4n) is 2.98. The molecule has 0 heterocycles. The lowest BCUT2D eigenvalue weighted by atomic mass is 10.1. The standard InChI is InChI=1S/C24H16Cl2S/c25-23-13-3-1-11-21(23)17-7-5-9-19(15-17)27-20-10-6-8-18(16-20)22-12-2-4-14-24(22)26/h1-16H. The molecule has 4 rings (SSSR count). The second-order valence-electron chi connectivity index (χ2n) is 6.12. The van der Waals surface area contributed by atoms with Crippen LogP contribution < -0.4 is 0 Å². The largest absolute Gasteiger partial charge is 0.0901 e. The van der Waals surface area contributed by atoms with Gasteiger partial charge in [-0.2, -0.15) is 0 Å². The van der Waals surface area contributed by atoms with Crippen molar-refractivity contribution in [3.63, 3.8) is 0 Å². The summed E-state index contributed by atoms with van der Waals surface area (Å²) in [5, 5.41) is 1.53. The van der Waals surface area contributed by atoms with Crippen LogP contribution in [0.15, 0.2) is 107 Å². The normalized spacial score (nSPS) is 10.7. The summed E-state index contributed by atoms with van der Waals surface area (Å²) in [5.74, 6) is 0. The van der Waals surface area contributed by atoms with Crippen LogP contribution in [0.5, 0.6) is 0 Å². The van der Waals surface area contributed by atoms with E-state index in [-0.39, 0.29) is 0 Å². The van der Waals surface area contributed by atoms with Crippen molar-refractivity contribution >= 4 is 35.0 Å². The summed E-state index contributed by atoms with van der Waals surface area (Å²) < 4.78 is 0. The zero-order chi connectivity index (χ0) is 18.6. The molecule has 0 spiro atoms. The number of hydrogen-bond acceptors (Lipinski definition) is 1. The van der Waals surface area contributed by atoms with E-state index in [4.69, 9.17) is 23.2 Å². The summed E-state index contributed by atoms with van der Waals surface area (Å²) in [5.41, 5.74) is 4.33. The molecule has 0 unspecified atom stereocenters. The molecular formula is C24H16Cl2S. The van der Waals surface area contributed by atoms with Gasteiger partial charge in [0.1, 0.15) is 0 Å². The van der Waals surface area contributed by atoms with Gasteiger partial charge >= 0.3 is 0 Å². The molecule has 0 aliphatic carbocycles. The highest BCUT2D eigenvalue weighted by Crippen LogP contribution is 2.36. The molecule has 0 aromatic heterocycles. The van der Waals surface area contributed by atoms with E-state index >= 15 is 0 Å². The van der Waals surface area contributed by atoms with E-state index in [2.05, 4.69) is 48.5 Å². The lowest BCUT2D eigenvalue weighted by Crippen LogP contribution is -1.82. The van der Waals surface area contributed by atoms with Gasteiger partial charge in [0.25, 0.3) is 0 Å². The minimum absolute atomic E-state index is 0.764. The Balaban J connectivity index is 1.64. The van der Waals surface area contributed by atoms with Crippen LogP contribution >= 0.6 is 35.0 Å². The van der Waals surface area contributed by atoms with E-state index < -0.39 is 0 Å². The third-order valence-corrected chi connectivity index (χ3v) is 5.91. The lowest BCUT2D eigenvalue weighted by Gasteiger charge is -2.09. The number of rotatable bonds is 4. The first-order chi connectivity index (χ1) is 13.2. The van der Waals surface area contributed by atoms with E-state index in [0.717, 1.165) is 32.3 Å². The molecule has 0 N–H and O–H groups in total. The summed E-state index contributed by atoms with van der Waals surface area (Å²) >= 11 is 14.4. The third kappa shape index (κ3) is 4.22. The van der Waals surface area contributed by atoms with E-state index in [1.54, 1.807) is 11.8 Å². The molecule has 0 nitrogen and oxygen atoms in total. The summed E-state index contributed by atoms with van der Waals surface area (Å²) in [6.07, 6.45) is 0. The molecule has 3 heteroatoms.